The maximum atomic E-state index is 8.85. The summed E-state index contributed by atoms with van der Waals surface area (Å²) in [7, 11) is 0. The van der Waals surface area contributed by atoms with Crippen molar-refractivity contribution in [3.63, 3.8) is 0 Å². The van der Waals surface area contributed by atoms with E-state index in [2.05, 4.69) is 9.97 Å². The van der Waals surface area contributed by atoms with Gasteiger partial charge in [0.15, 0.2) is 0 Å². The highest BCUT2D eigenvalue weighted by Gasteiger charge is 1.97. The molecule has 0 aromatic carbocycles. The van der Waals surface area contributed by atoms with Gasteiger partial charge in [0.25, 0.3) is 0 Å². The van der Waals surface area contributed by atoms with Gasteiger partial charge >= 0.3 is 0 Å². The maximum absolute atomic E-state index is 8.85. The number of pyridine rings is 2. The van der Waals surface area contributed by atoms with Crippen LogP contribution in [0.15, 0.2) is 42.9 Å². The summed E-state index contributed by atoms with van der Waals surface area (Å²) in [4.78, 5) is 8.17. The zero-order valence-electron chi connectivity index (χ0n) is 7.59. The lowest BCUT2D eigenvalue weighted by Gasteiger charge is -2.00. The standard InChI is InChI=1S/C11H10N2O/c14-8-9-1-2-11(13-7-9)10-3-5-12-6-4-10/h1-7,14H,8H2. The molecular weight excluding hydrogens is 176 g/mol. The van der Waals surface area contributed by atoms with Gasteiger partial charge < -0.3 is 5.11 Å². The van der Waals surface area contributed by atoms with Crippen molar-refractivity contribution in [2.75, 3.05) is 0 Å². The Hall–Kier alpha value is -1.74. The molecular formula is C11H10N2O. The second-order valence-corrected chi connectivity index (χ2v) is 2.95. The van der Waals surface area contributed by atoms with Gasteiger partial charge in [0.1, 0.15) is 0 Å². The molecule has 14 heavy (non-hydrogen) atoms. The van der Waals surface area contributed by atoms with Crippen molar-refractivity contribution >= 4 is 0 Å². The number of aliphatic hydroxyl groups excluding tert-OH is 1. The Kier molecular flexibility index (Phi) is 2.51. The van der Waals surface area contributed by atoms with Crippen LogP contribution in [-0.2, 0) is 6.61 Å². The van der Waals surface area contributed by atoms with E-state index in [1.807, 2.05) is 24.3 Å². The Bertz CT molecular complexity index is 397. The van der Waals surface area contributed by atoms with E-state index in [-0.39, 0.29) is 6.61 Å². The number of hydrogen-bond acceptors (Lipinski definition) is 3. The van der Waals surface area contributed by atoms with Gasteiger partial charge in [-0.1, -0.05) is 6.07 Å². The number of aliphatic hydroxyl groups is 1. The van der Waals surface area contributed by atoms with E-state index in [1.54, 1.807) is 18.6 Å². The molecule has 2 aromatic heterocycles. The van der Waals surface area contributed by atoms with Crippen molar-refractivity contribution in [2.45, 2.75) is 6.61 Å². The molecule has 0 atom stereocenters. The Morgan fingerprint density at radius 3 is 2.43 bits per heavy atom. The summed E-state index contributed by atoms with van der Waals surface area (Å²) in [6.45, 7) is 0.0314. The van der Waals surface area contributed by atoms with Gasteiger partial charge in [-0.2, -0.15) is 0 Å². The van der Waals surface area contributed by atoms with Crippen molar-refractivity contribution in [3.8, 4) is 11.3 Å². The highest BCUT2D eigenvalue weighted by atomic mass is 16.3. The minimum atomic E-state index is 0.0314. The van der Waals surface area contributed by atoms with Crippen molar-refractivity contribution in [2.24, 2.45) is 0 Å². The van der Waals surface area contributed by atoms with Crippen LogP contribution in [0.5, 0.6) is 0 Å². The molecule has 3 heteroatoms. The molecule has 0 fully saturated rings. The fraction of sp³-hybridized carbons (Fsp3) is 0.0909. The van der Waals surface area contributed by atoms with Crippen LogP contribution in [0.3, 0.4) is 0 Å². The minimum absolute atomic E-state index is 0.0314. The third-order valence-corrected chi connectivity index (χ3v) is 1.98. The molecule has 0 saturated heterocycles. The molecule has 3 nitrogen and oxygen atoms in total. The summed E-state index contributed by atoms with van der Waals surface area (Å²) in [5.74, 6) is 0. The molecule has 0 bridgehead atoms. The van der Waals surface area contributed by atoms with Crippen LogP contribution in [0.2, 0.25) is 0 Å². The molecule has 0 amide bonds. The van der Waals surface area contributed by atoms with Gasteiger partial charge in [-0.25, -0.2) is 0 Å². The average molecular weight is 186 g/mol. The highest BCUT2D eigenvalue weighted by molar-refractivity contribution is 5.57. The Balaban J connectivity index is 2.34. The summed E-state index contributed by atoms with van der Waals surface area (Å²) in [5, 5.41) is 8.85. The zero-order valence-corrected chi connectivity index (χ0v) is 7.59. The molecule has 0 radical (unpaired) electrons. The highest BCUT2D eigenvalue weighted by Crippen LogP contribution is 2.15. The molecule has 0 aliphatic rings. The SMILES string of the molecule is OCc1ccc(-c2ccncc2)nc1. The van der Waals surface area contributed by atoms with Crippen molar-refractivity contribution in [1.29, 1.82) is 0 Å². The largest absolute Gasteiger partial charge is 0.392 e. The summed E-state index contributed by atoms with van der Waals surface area (Å²) in [6, 6.07) is 7.56. The summed E-state index contributed by atoms with van der Waals surface area (Å²) >= 11 is 0. The molecule has 2 rings (SSSR count). The monoisotopic (exact) mass is 186 g/mol. The maximum Gasteiger partial charge on any atom is 0.0703 e. The predicted octanol–water partition coefficient (Wildman–Crippen LogP) is 1.64. The second-order valence-electron chi connectivity index (χ2n) is 2.95. The number of rotatable bonds is 2. The smallest absolute Gasteiger partial charge is 0.0703 e. The predicted molar refractivity (Wildman–Crippen MR) is 53.4 cm³/mol. The molecule has 0 unspecified atom stereocenters. The van der Waals surface area contributed by atoms with Gasteiger partial charge in [-0.15, -0.1) is 0 Å². The van der Waals surface area contributed by atoms with E-state index in [9.17, 15) is 0 Å². The Morgan fingerprint density at radius 1 is 1.07 bits per heavy atom. The first kappa shape index (κ1) is 8.84. The summed E-state index contributed by atoms with van der Waals surface area (Å²) < 4.78 is 0. The van der Waals surface area contributed by atoms with Gasteiger partial charge in [-0.3, -0.25) is 9.97 Å². The van der Waals surface area contributed by atoms with Crippen LogP contribution in [0.25, 0.3) is 11.3 Å². The fourth-order valence-electron chi connectivity index (χ4n) is 1.21. The van der Waals surface area contributed by atoms with Gasteiger partial charge in [0.2, 0.25) is 0 Å². The molecule has 70 valence electrons. The van der Waals surface area contributed by atoms with Crippen LogP contribution in [0.4, 0.5) is 0 Å². The molecule has 0 spiro atoms. The van der Waals surface area contributed by atoms with E-state index >= 15 is 0 Å². The molecule has 0 aliphatic heterocycles. The molecule has 2 aromatic rings. The number of nitrogens with zero attached hydrogens (tertiary/aromatic N) is 2. The molecule has 0 saturated carbocycles. The lowest BCUT2D eigenvalue weighted by atomic mass is 10.1. The van der Waals surface area contributed by atoms with Crippen LogP contribution in [0.1, 0.15) is 5.56 Å². The number of aromatic nitrogens is 2. The average Bonchev–Trinajstić information content (AvgIpc) is 2.30. The van der Waals surface area contributed by atoms with Crippen LogP contribution in [0, 0.1) is 0 Å². The van der Waals surface area contributed by atoms with Crippen LogP contribution < -0.4 is 0 Å². The van der Waals surface area contributed by atoms with Crippen LogP contribution >= 0.6 is 0 Å². The van der Waals surface area contributed by atoms with Crippen molar-refractivity contribution < 1.29 is 5.11 Å². The first-order chi connectivity index (χ1) is 6.90. The Morgan fingerprint density at radius 2 is 1.86 bits per heavy atom. The number of hydrogen-bond donors (Lipinski definition) is 1. The second kappa shape index (κ2) is 3.98. The lowest BCUT2D eigenvalue weighted by Crippen LogP contribution is -1.87. The van der Waals surface area contributed by atoms with E-state index in [0.717, 1.165) is 16.8 Å². The van der Waals surface area contributed by atoms with E-state index in [1.165, 1.54) is 0 Å². The Labute approximate surface area is 82.1 Å². The van der Waals surface area contributed by atoms with Gasteiger partial charge in [0, 0.05) is 24.2 Å². The first-order valence-electron chi connectivity index (χ1n) is 4.36. The van der Waals surface area contributed by atoms with Gasteiger partial charge in [-0.05, 0) is 23.8 Å². The van der Waals surface area contributed by atoms with E-state index in [0.29, 0.717) is 0 Å². The molecule has 2 heterocycles. The molecule has 1 N–H and O–H groups in total. The van der Waals surface area contributed by atoms with E-state index in [4.69, 9.17) is 5.11 Å². The van der Waals surface area contributed by atoms with Crippen LogP contribution in [-0.4, -0.2) is 15.1 Å². The van der Waals surface area contributed by atoms with Crippen molar-refractivity contribution in [3.05, 3.63) is 48.4 Å². The molecule has 0 aliphatic carbocycles. The first-order valence-corrected chi connectivity index (χ1v) is 4.36. The third kappa shape index (κ3) is 1.78. The van der Waals surface area contributed by atoms with Crippen molar-refractivity contribution in [1.82, 2.24) is 9.97 Å². The topological polar surface area (TPSA) is 46.0 Å². The third-order valence-electron chi connectivity index (χ3n) is 1.98. The summed E-state index contributed by atoms with van der Waals surface area (Å²) in [5.41, 5.74) is 2.75. The quantitative estimate of drug-likeness (QED) is 0.775. The fourth-order valence-corrected chi connectivity index (χ4v) is 1.21. The lowest BCUT2D eigenvalue weighted by molar-refractivity contribution is 0.281. The van der Waals surface area contributed by atoms with E-state index < -0.39 is 0 Å². The van der Waals surface area contributed by atoms with Gasteiger partial charge in [0.05, 0.1) is 12.3 Å². The zero-order chi connectivity index (χ0) is 9.80. The summed E-state index contributed by atoms with van der Waals surface area (Å²) in [6.07, 6.45) is 5.14. The normalized spacial score (nSPS) is 10.1. The minimum Gasteiger partial charge on any atom is -0.392 e.